The van der Waals surface area contributed by atoms with Crippen LogP contribution in [-0.2, 0) is 6.54 Å². The summed E-state index contributed by atoms with van der Waals surface area (Å²) in [7, 11) is 0. The van der Waals surface area contributed by atoms with E-state index >= 15 is 0 Å². The minimum atomic E-state index is -0.0890. The minimum Gasteiger partial charge on any atom is -0.349 e. The van der Waals surface area contributed by atoms with Gasteiger partial charge in [-0.1, -0.05) is 31.4 Å². The van der Waals surface area contributed by atoms with E-state index in [4.69, 9.17) is 11.6 Å². The second kappa shape index (κ2) is 7.66. The Bertz CT molecular complexity index is 906. The molecule has 2 aromatic heterocycles. The van der Waals surface area contributed by atoms with Crippen LogP contribution in [-0.4, -0.2) is 26.7 Å². The smallest absolute Gasteiger partial charge is 0.253 e. The highest BCUT2D eigenvalue weighted by molar-refractivity contribution is 6.36. The number of hydrogen-bond donors (Lipinski definition) is 1. The Morgan fingerprint density at radius 3 is 2.71 bits per heavy atom. The molecule has 0 spiro atoms. The normalized spacial score (nSPS) is 24.8. The molecule has 0 aromatic carbocycles. The lowest BCUT2D eigenvalue weighted by molar-refractivity contribution is 0.0917. The molecule has 0 aliphatic heterocycles. The van der Waals surface area contributed by atoms with E-state index in [1.54, 1.807) is 0 Å². The summed E-state index contributed by atoms with van der Waals surface area (Å²) in [5.74, 6) is 2.14. The summed E-state index contributed by atoms with van der Waals surface area (Å²) in [5, 5.41) is 9.17. The minimum absolute atomic E-state index is 0.0890. The van der Waals surface area contributed by atoms with Gasteiger partial charge in [0, 0.05) is 12.6 Å². The summed E-state index contributed by atoms with van der Waals surface area (Å²) in [6.07, 6.45) is 7.39. The second-order valence-corrected chi connectivity index (χ2v) is 9.23. The van der Waals surface area contributed by atoms with Gasteiger partial charge in [0.25, 0.3) is 5.91 Å². The number of rotatable bonds is 6. The molecule has 4 rings (SSSR count). The molecule has 28 heavy (non-hydrogen) atoms. The molecule has 152 valence electrons. The van der Waals surface area contributed by atoms with Crippen molar-refractivity contribution in [1.82, 2.24) is 20.1 Å². The number of aryl methyl sites for hydroxylation is 3. The van der Waals surface area contributed by atoms with Crippen molar-refractivity contribution in [2.24, 2.45) is 17.8 Å². The number of hydrogen-bond acceptors (Lipinski definition) is 3. The lowest BCUT2D eigenvalue weighted by Gasteiger charge is -2.28. The van der Waals surface area contributed by atoms with Gasteiger partial charge >= 0.3 is 0 Å². The highest BCUT2D eigenvalue weighted by Crippen LogP contribution is 2.49. The van der Waals surface area contributed by atoms with Gasteiger partial charge in [-0.15, -0.1) is 0 Å². The van der Waals surface area contributed by atoms with Crippen LogP contribution in [0.1, 0.15) is 74.1 Å². The summed E-state index contributed by atoms with van der Waals surface area (Å²) in [6.45, 7) is 8.92. The van der Waals surface area contributed by atoms with Crippen molar-refractivity contribution in [3.05, 3.63) is 22.0 Å². The quantitative estimate of drug-likeness (QED) is 0.734. The van der Waals surface area contributed by atoms with Gasteiger partial charge in [0.15, 0.2) is 5.65 Å². The molecule has 2 aromatic rings. The maximum Gasteiger partial charge on any atom is 0.253 e. The van der Waals surface area contributed by atoms with Crippen LogP contribution in [0, 0.1) is 31.6 Å². The number of amides is 1. The molecular formula is C22H31ClN4O. The Hall–Kier alpha value is -1.62. The van der Waals surface area contributed by atoms with Crippen molar-refractivity contribution < 1.29 is 4.79 Å². The average molecular weight is 403 g/mol. The Kier molecular flexibility index (Phi) is 5.38. The summed E-state index contributed by atoms with van der Waals surface area (Å²) < 4.78 is 1.92. The second-order valence-electron chi connectivity index (χ2n) is 8.85. The first-order valence-corrected chi connectivity index (χ1v) is 11.1. The maximum atomic E-state index is 13.3. The third kappa shape index (κ3) is 3.32. The zero-order chi connectivity index (χ0) is 20.0. The monoisotopic (exact) mass is 402 g/mol. The van der Waals surface area contributed by atoms with Gasteiger partial charge in [-0.3, -0.25) is 4.79 Å². The molecule has 0 saturated heterocycles. The lowest BCUT2D eigenvalue weighted by Crippen LogP contribution is -2.40. The number of nitrogens with one attached hydrogen (secondary N) is 1. The largest absolute Gasteiger partial charge is 0.349 e. The number of fused-ring (bicyclic) bond motifs is 3. The van der Waals surface area contributed by atoms with Crippen LogP contribution in [0.5, 0.6) is 0 Å². The van der Waals surface area contributed by atoms with E-state index < -0.39 is 0 Å². The number of carbonyl (C=O) groups excluding carboxylic acids is 1. The fraction of sp³-hybridized carbons (Fsp3) is 0.682. The number of aromatic nitrogens is 3. The number of halogens is 1. The van der Waals surface area contributed by atoms with E-state index in [1.807, 2.05) is 18.5 Å². The van der Waals surface area contributed by atoms with E-state index in [0.29, 0.717) is 22.2 Å². The van der Waals surface area contributed by atoms with Crippen molar-refractivity contribution in [3.8, 4) is 0 Å². The first-order chi connectivity index (χ1) is 13.4. The Balaban J connectivity index is 1.66. The molecule has 0 unspecified atom stereocenters. The van der Waals surface area contributed by atoms with Crippen molar-refractivity contribution in [1.29, 1.82) is 0 Å². The topological polar surface area (TPSA) is 59.8 Å². The molecule has 6 heteroatoms. The number of unbranched alkanes of at least 4 members (excludes halogenated alkanes) is 1. The fourth-order valence-electron chi connectivity index (χ4n) is 5.44. The Morgan fingerprint density at radius 1 is 1.29 bits per heavy atom. The highest BCUT2D eigenvalue weighted by atomic mass is 35.5. The van der Waals surface area contributed by atoms with Gasteiger partial charge < -0.3 is 5.32 Å². The predicted molar refractivity (Wildman–Crippen MR) is 113 cm³/mol. The van der Waals surface area contributed by atoms with E-state index in [9.17, 15) is 4.79 Å². The maximum absolute atomic E-state index is 13.3. The molecule has 2 aliphatic carbocycles. The highest BCUT2D eigenvalue weighted by Gasteiger charge is 2.42. The molecule has 2 heterocycles. The Labute approximate surface area is 172 Å². The molecule has 4 atom stereocenters. The van der Waals surface area contributed by atoms with Crippen LogP contribution in [0.2, 0.25) is 5.02 Å². The molecule has 5 nitrogen and oxygen atoms in total. The van der Waals surface area contributed by atoms with Crippen LogP contribution in [0.4, 0.5) is 0 Å². The zero-order valence-corrected chi connectivity index (χ0v) is 18.1. The van der Waals surface area contributed by atoms with E-state index in [1.165, 1.54) is 25.7 Å². The number of pyridine rings is 1. The number of nitrogens with zero attached hydrogens (tertiary/aromatic N) is 3. The molecule has 2 aliphatic rings. The van der Waals surface area contributed by atoms with Gasteiger partial charge in [-0.05, 0) is 64.2 Å². The molecule has 2 fully saturated rings. The summed E-state index contributed by atoms with van der Waals surface area (Å²) >= 11 is 6.60. The Morgan fingerprint density at radius 2 is 2.07 bits per heavy atom. The van der Waals surface area contributed by atoms with Crippen LogP contribution in [0.25, 0.3) is 11.0 Å². The third-order valence-corrected chi connectivity index (χ3v) is 7.37. The third-order valence-electron chi connectivity index (χ3n) is 6.91. The van der Waals surface area contributed by atoms with Crippen molar-refractivity contribution in [3.63, 3.8) is 0 Å². The van der Waals surface area contributed by atoms with E-state index in [-0.39, 0.29) is 11.9 Å². The van der Waals surface area contributed by atoms with Gasteiger partial charge in [-0.25, -0.2) is 9.67 Å². The average Bonchev–Trinajstić information content (AvgIpc) is 3.36. The fourth-order valence-corrected chi connectivity index (χ4v) is 5.67. The van der Waals surface area contributed by atoms with Gasteiger partial charge in [0.05, 0.1) is 27.4 Å². The lowest BCUT2D eigenvalue weighted by atomic mass is 9.84. The molecule has 2 bridgehead atoms. The van der Waals surface area contributed by atoms with Crippen molar-refractivity contribution >= 4 is 28.5 Å². The zero-order valence-electron chi connectivity index (χ0n) is 17.4. The molecule has 1 amide bonds. The number of carbonyl (C=O) groups is 1. The SMILES string of the molecule is CCCCn1nc(C)c2c(C(=O)N[C@@H](C)[C@H]3C[C@H]4CC[C@H]3C4)c(Cl)c(C)nc21. The summed E-state index contributed by atoms with van der Waals surface area (Å²) in [4.78, 5) is 18.0. The van der Waals surface area contributed by atoms with Crippen LogP contribution in [0.15, 0.2) is 0 Å². The van der Waals surface area contributed by atoms with Crippen LogP contribution in [0.3, 0.4) is 0 Å². The molecule has 1 N–H and O–H groups in total. The van der Waals surface area contributed by atoms with Crippen LogP contribution >= 0.6 is 11.6 Å². The molecular weight excluding hydrogens is 372 g/mol. The van der Waals surface area contributed by atoms with Crippen molar-refractivity contribution in [2.45, 2.75) is 78.8 Å². The molecule has 2 saturated carbocycles. The first-order valence-electron chi connectivity index (χ1n) is 10.7. The van der Waals surface area contributed by atoms with Gasteiger partial charge in [0.1, 0.15) is 0 Å². The van der Waals surface area contributed by atoms with Crippen LogP contribution < -0.4 is 5.32 Å². The van der Waals surface area contributed by atoms with E-state index in [2.05, 4.69) is 29.2 Å². The van der Waals surface area contributed by atoms with Gasteiger partial charge in [0.2, 0.25) is 0 Å². The van der Waals surface area contributed by atoms with Crippen molar-refractivity contribution in [2.75, 3.05) is 0 Å². The summed E-state index contributed by atoms with van der Waals surface area (Å²) in [5.41, 5.74) is 2.81. The first kappa shape index (κ1) is 19.7. The predicted octanol–water partition coefficient (Wildman–Crippen LogP) is 5.06. The summed E-state index contributed by atoms with van der Waals surface area (Å²) in [6, 6.07) is 0.165. The molecule has 0 radical (unpaired) electrons. The van der Waals surface area contributed by atoms with Gasteiger partial charge in [-0.2, -0.15) is 5.10 Å². The standard InChI is InChI=1S/C22H31ClN4O/c1-5-6-9-27-21-18(13(3)26-27)19(20(23)14(4)24-21)22(28)25-12(2)17-11-15-7-8-16(17)10-15/h12,15-17H,5-11H2,1-4H3,(H,25,28)/t12-,15-,16-,17+/m0/s1. The van der Waals surface area contributed by atoms with E-state index in [0.717, 1.165) is 47.9 Å².